The number of benzene rings is 4. The molecule has 0 radical (unpaired) electrons. The zero-order valence-corrected chi connectivity index (χ0v) is 20.2. The van der Waals surface area contributed by atoms with Crippen LogP contribution in [0.1, 0.15) is 31.9 Å². The number of nitrogens with zero attached hydrogens (tertiary/aromatic N) is 1. The molecule has 4 aromatic carbocycles. The van der Waals surface area contributed by atoms with Gasteiger partial charge in [-0.1, -0.05) is 75.0 Å². The van der Waals surface area contributed by atoms with Crippen molar-refractivity contribution in [2.45, 2.75) is 43.9 Å². The topological polar surface area (TPSA) is 3.88 Å². The monoisotopic (exact) mass is 434 g/mol. The van der Waals surface area contributed by atoms with Gasteiger partial charge in [0.1, 0.15) is 7.05 Å². The Kier molecular flexibility index (Phi) is 4.23. The highest BCUT2D eigenvalue weighted by atomic mass is 32.2. The smallest absolute Gasteiger partial charge is 0.200 e. The summed E-state index contributed by atoms with van der Waals surface area (Å²) >= 11 is 1.95. The Morgan fingerprint density at radius 3 is 2.47 bits per heavy atom. The van der Waals surface area contributed by atoms with Crippen molar-refractivity contribution in [3.63, 3.8) is 0 Å². The van der Waals surface area contributed by atoms with Gasteiger partial charge in [-0.25, -0.2) is 4.57 Å². The lowest BCUT2D eigenvalue weighted by Gasteiger charge is -2.23. The fraction of sp³-hybridized carbons (Fsp3) is 0.233. The van der Waals surface area contributed by atoms with Crippen LogP contribution in [0.5, 0.6) is 0 Å². The quantitative estimate of drug-likeness (QED) is 0.187. The van der Waals surface area contributed by atoms with Gasteiger partial charge in [-0.15, -0.1) is 0 Å². The Labute approximate surface area is 194 Å². The molecule has 0 N–H and O–H groups in total. The van der Waals surface area contributed by atoms with Crippen LogP contribution in [0.2, 0.25) is 0 Å². The van der Waals surface area contributed by atoms with Crippen LogP contribution in [-0.4, -0.2) is 0 Å². The summed E-state index contributed by atoms with van der Waals surface area (Å²) in [4.78, 5) is 2.76. The van der Waals surface area contributed by atoms with E-state index in [1.165, 1.54) is 64.5 Å². The van der Waals surface area contributed by atoms with E-state index in [4.69, 9.17) is 0 Å². The molecule has 0 fully saturated rings. The standard InChI is InChI=1S/C30H28NS/c1-18-23-9-7-6-8-20(23)16-25-26(18)28-27-21(12-13-31(28)5)15-22-14-19(17-30(2,3)4)10-11-24(22)29(27)32-25/h6-16H,17H2,1-5H3/q+1. The van der Waals surface area contributed by atoms with E-state index < -0.39 is 0 Å². The average molecular weight is 435 g/mol. The normalized spacial score (nSPS) is 13.2. The maximum absolute atomic E-state index is 2.41. The lowest BCUT2D eigenvalue weighted by atomic mass is 9.87. The minimum atomic E-state index is 0.284. The molecular weight excluding hydrogens is 406 g/mol. The second-order valence-electron chi connectivity index (χ2n) is 10.4. The van der Waals surface area contributed by atoms with Crippen molar-refractivity contribution in [2.24, 2.45) is 12.5 Å². The first kappa shape index (κ1) is 19.8. The maximum Gasteiger partial charge on any atom is 0.222 e. The molecule has 1 aromatic heterocycles. The Morgan fingerprint density at radius 1 is 0.844 bits per heavy atom. The van der Waals surface area contributed by atoms with Gasteiger partial charge in [0, 0.05) is 15.9 Å². The third-order valence-electron chi connectivity index (χ3n) is 6.71. The molecular formula is C30H28NS+. The Bertz CT molecular complexity index is 1570. The molecule has 32 heavy (non-hydrogen) atoms. The molecule has 0 atom stereocenters. The van der Waals surface area contributed by atoms with Crippen LogP contribution in [0.3, 0.4) is 0 Å². The van der Waals surface area contributed by atoms with Gasteiger partial charge in [-0.3, -0.25) is 0 Å². The van der Waals surface area contributed by atoms with Crippen LogP contribution in [0.4, 0.5) is 0 Å². The van der Waals surface area contributed by atoms with Crippen molar-refractivity contribution >= 4 is 44.1 Å². The van der Waals surface area contributed by atoms with Crippen molar-refractivity contribution in [3.05, 3.63) is 78.0 Å². The molecule has 158 valence electrons. The molecule has 0 saturated carbocycles. The molecule has 5 aromatic rings. The Balaban J connectivity index is 1.70. The first-order chi connectivity index (χ1) is 15.3. The SMILES string of the molecule is Cc1c2c(cc3ccccc13)Sc1c3ccc(CC(C)(C)C)cc3cc3cc[n+](C)c-2c13. The van der Waals surface area contributed by atoms with Crippen molar-refractivity contribution < 1.29 is 4.57 Å². The second kappa shape index (κ2) is 6.83. The van der Waals surface area contributed by atoms with Crippen LogP contribution in [0, 0.1) is 12.3 Å². The summed E-state index contributed by atoms with van der Waals surface area (Å²) < 4.78 is 2.31. The van der Waals surface area contributed by atoms with E-state index in [1.54, 1.807) is 0 Å². The molecule has 1 aliphatic heterocycles. The van der Waals surface area contributed by atoms with Gasteiger partial charge >= 0.3 is 0 Å². The largest absolute Gasteiger partial charge is 0.222 e. The summed E-state index contributed by atoms with van der Waals surface area (Å²) in [5.41, 5.74) is 5.81. The molecule has 1 aliphatic rings. The lowest BCUT2D eigenvalue weighted by molar-refractivity contribution is -0.659. The van der Waals surface area contributed by atoms with Gasteiger partial charge in [0.25, 0.3) is 0 Å². The van der Waals surface area contributed by atoms with Crippen LogP contribution in [0.25, 0.3) is 43.6 Å². The van der Waals surface area contributed by atoms with Gasteiger partial charge in [0.05, 0.1) is 10.9 Å². The van der Waals surface area contributed by atoms with E-state index in [9.17, 15) is 0 Å². The molecule has 0 aliphatic carbocycles. The number of hydrogen-bond donors (Lipinski definition) is 0. The number of pyridine rings is 1. The van der Waals surface area contributed by atoms with Crippen molar-refractivity contribution in [2.75, 3.05) is 0 Å². The van der Waals surface area contributed by atoms with Crippen LogP contribution >= 0.6 is 11.8 Å². The number of fused-ring (bicyclic) bond motifs is 5. The summed E-state index contributed by atoms with van der Waals surface area (Å²) in [6, 6.07) is 22.9. The molecule has 2 heteroatoms. The first-order valence-corrected chi connectivity index (χ1v) is 12.2. The first-order valence-electron chi connectivity index (χ1n) is 11.4. The summed E-state index contributed by atoms with van der Waals surface area (Å²) in [5.74, 6) is 0. The van der Waals surface area contributed by atoms with Gasteiger partial charge in [0.2, 0.25) is 5.69 Å². The molecule has 0 bridgehead atoms. The molecule has 6 rings (SSSR count). The van der Waals surface area contributed by atoms with Gasteiger partial charge in [-0.05, 0) is 69.0 Å². The molecule has 1 nitrogen and oxygen atoms in total. The van der Waals surface area contributed by atoms with E-state index >= 15 is 0 Å². The van der Waals surface area contributed by atoms with E-state index in [1.807, 2.05) is 11.8 Å². The van der Waals surface area contributed by atoms with Crippen molar-refractivity contribution in [1.29, 1.82) is 0 Å². The van der Waals surface area contributed by atoms with E-state index in [0.29, 0.717) is 0 Å². The van der Waals surface area contributed by atoms with Crippen molar-refractivity contribution in [1.82, 2.24) is 0 Å². The van der Waals surface area contributed by atoms with Crippen LogP contribution in [-0.2, 0) is 13.5 Å². The Morgan fingerprint density at radius 2 is 1.66 bits per heavy atom. The lowest BCUT2D eigenvalue weighted by Crippen LogP contribution is -2.31. The Hall–Kier alpha value is -2.84. The predicted octanol–water partition coefficient (Wildman–Crippen LogP) is 8.00. The number of hydrogen-bond acceptors (Lipinski definition) is 1. The molecule has 0 amide bonds. The molecule has 0 spiro atoms. The number of aryl methyl sites for hydroxylation is 2. The van der Waals surface area contributed by atoms with E-state index in [-0.39, 0.29) is 5.41 Å². The minimum Gasteiger partial charge on any atom is -0.200 e. The highest BCUT2D eigenvalue weighted by Gasteiger charge is 2.30. The van der Waals surface area contributed by atoms with Crippen molar-refractivity contribution in [3.8, 4) is 11.3 Å². The highest BCUT2D eigenvalue weighted by molar-refractivity contribution is 8.00. The predicted molar refractivity (Wildman–Crippen MR) is 138 cm³/mol. The molecule has 0 saturated heterocycles. The highest BCUT2D eigenvalue weighted by Crippen LogP contribution is 2.51. The minimum absolute atomic E-state index is 0.284. The molecule has 0 unspecified atom stereocenters. The zero-order valence-electron chi connectivity index (χ0n) is 19.4. The molecule has 2 heterocycles. The van der Waals surface area contributed by atoms with Crippen LogP contribution in [0.15, 0.2) is 76.7 Å². The van der Waals surface area contributed by atoms with Gasteiger partial charge in [-0.2, -0.15) is 0 Å². The van der Waals surface area contributed by atoms with Crippen LogP contribution < -0.4 is 4.57 Å². The zero-order chi connectivity index (χ0) is 22.2. The summed E-state index contributed by atoms with van der Waals surface area (Å²) in [7, 11) is 2.18. The fourth-order valence-corrected chi connectivity index (χ4v) is 6.74. The second-order valence-corrected chi connectivity index (χ2v) is 11.5. The summed E-state index contributed by atoms with van der Waals surface area (Å²) in [6.07, 6.45) is 3.31. The fourth-order valence-electron chi connectivity index (χ4n) is 5.37. The number of aromatic nitrogens is 1. The average Bonchev–Trinajstić information content (AvgIpc) is 2.74. The number of rotatable bonds is 1. The van der Waals surface area contributed by atoms with Gasteiger partial charge in [0.15, 0.2) is 6.20 Å². The third kappa shape index (κ3) is 2.97. The summed E-state index contributed by atoms with van der Waals surface area (Å²) in [5, 5.41) is 8.11. The third-order valence-corrected chi connectivity index (χ3v) is 7.88. The van der Waals surface area contributed by atoms with E-state index in [0.717, 1.165) is 6.42 Å². The maximum atomic E-state index is 2.41. The summed E-state index contributed by atoms with van der Waals surface area (Å²) in [6.45, 7) is 9.22. The van der Waals surface area contributed by atoms with Gasteiger partial charge < -0.3 is 0 Å². The van der Waals surface area contributed by atoms with E-state index in [2.05, 4.69) is 106 Å².